The second-order valence-electron chi connectivity index (χ2n) is 5.30. The minimum Gasteiger partial charge on any atom is -0.359 e. The lowest BCUT2D eigenvalue weighted by atomic mass is 10.1. The van der Waals surface area contributed by atoms with Crippen molar-refractivity contribution < 1.29 is 4.92 Å². The fourth-order valence-electron chi connectivity index (χ4n) is 1.84. The third-order valence-electron chi connectivity index (χ3n) is 3.20. The van der Waals surface area contributed by atoms with Crippen molar-refractivity contribution in [1.82, 2.24) is 9.78 Å². The lowest BCUT2D eigenvalue weighted by molar-refractivity contribution is -0.384. The number of nitrogens with zero attached hydrogens (tertiary/aromatic N) is 3. The van der Waals surface area contributed by atoms with Gasteiger partial charge in [-0.15, -0.1) is 0 Å². The molecule has 94 valence electrons. The maximum atomic E-state index is 11.2. The first-order valence-corrected chi connectivity index (χ1v) is 5.83. The number of hydrogen-bond acceptors (Lipinski definition) is 4. The van der Waals surface area contributed by atoms with Crippen LogP contribution in [0, 0.1) is 10.1 Å². The number of nitrogens with one attached hydrogen (secondary N) is 1. The van der Waals surface area contributed by atoms with Gasteiger partial charge >= 0.3 is 5.69 Å². The fourth-order valence-corrected chi connectivity index (χ4v) is 1.84. The highest BCUT2D eigenvalue weighted by Crippen LogP contribution is 2.42. The largest absolute Gasteiger partial charge is 0.359 e. The molecule has 0 saturated heterocycles. The summed E-state index contributed by atoms with van der Waals surface area (Å²) in [6.45, 7) is 5.90. The van der Waals surface area contributed by atoms with Gasteiger partial charge in [0.05, 0.1) is 4.92 Å². The second-order valence-corrected chi connectivity index (χ2v) is 5.30. The highest BCUT2D eigenvalue weighted by Gasteiger charge is 2.41. The van der Waals surface area contributed by atoms with Crippen LogP contribution < -0.4 is 5.32 Å². The zero-order valence-corrected chi connectivity index (χ0v) is 10.6. The van der Waals surface area contributed by atoms with Crippen LogP contribution in [0.4, 0.5) is 11.5 Å². The molecular formula is C11H18N4O2. The van der Waals surface area contributed by atoms with Crippen LogP contribution in [0.3, 0.4) is 0 Å². The summed E-state index contributed by atoms with van der Waals surface area (Å²) < 4.78 is 1.58. The van der Waals surface area contributed by atoms with Crippen molar-refractivity contribution in [1.29, 1.82) is 0 Å². The van der Waals surface area contributed by atoms with Crippen LogP contribution in [0.2, 0.25) is 0 Å². The summed E-state index contributed by atoms with van der Waals surface area (Å²) >= 11 is 0. The molecule has 0 bridgehead atoms. The molecule has 0 aliphatic heterocycles. The molecule has 17 heavy (non-hydrogen) atoms. The Kier molecular flexibility index (Phi) is 2.60. The maximum absolute atomic E-state index is 11.2. The van der Waals surface area contributed by atoms with Crippen LogP contribution in [0.25, 0.3) is 0 Å². The first-order chi connectivity index (χ1) is 7.84. The molecule has 1 N–H and O–H groups in total. The third-order valence-corrected chi connectivity index (χ3v) is 3.20. The van der Waals surface area contributed by atoms with Crippen LogP contribution in [-0.2, 0) is 7.05 Å². The molecule has 1 aliphatic rings. The average Bonchev–Trinajstić information content (AvgIpc) is 2.83. The van der Waals surface area contributed by atoms with E-state index in [0.29, 0.717) is 11.5 Å². The molecule has 1 saturated carbocycles. The molecule has 0 aromatic carbocycles. The number of aryl methyl sites for hydroxylation is 1. The molecule has 1 heterocycles. The quantitative estimate of drug-likeness (QED) is 0.645. The van der Waals surface area contributed by atoms with E-state index in [0.717, 1.165) is 12.8 Å². The minimum absolute atomic E-state index is 0.00675. The molecule has 0 unspecified atom stereocenters. The zero-order chi connectivity index (χ0) is 12.8. The monoisotopic (exact) mass is 238 g/mol. The van der Waals surface area contributed by atoms with Crippen LogP contribution in [0.15, 0.2) is 0 Å². The number of anilines is 1. The van der Waals surface area contributed by atoms with Gasteiger partial charge in [0.1, 0.15) is 5.69 Å². The van der Waals surface area contributed by atoms with E-state index in [4.69, 9.17) is 0 Å². The molecule has 0 atom stereocenters. The Balaban J connectivity index is 2.45. The van der Waals surface area contributed by atoms with Crippen LogP contribution in [-0.4, -0.2) is 20.2 Å². The summed E-state index contributed by atoms with van der Waals surface area (Å²) in [7, 11) is 1.74. The summed E-state index contributed by atoms with van der Waals surface area (Å²) in [4.78, 5) is 10.8. The van der Waals surface area contributed by atoms with Gasteiger partial charge in [0.2, 0.25) is 5.82 Å². The van der Waals surface area contributed by atoms with Gasteiger partial charge in [-0.25, -0.2) is 4.68 Å². The summed E-state index contributed by atoms with van der Waals surface area (Å²) in [5, 5.41) is 18.7. The Morgan fingerprint density at radius 1 is 1.53 bits per heavy atom. The van der Waals surface area contributed by atoms with Gasteiger partial charge < -0.3 is 5.32 Å². The van der Waals surface area contributed by atoms with Crippen molar-refractivity contribution in [2.75, 3.05) is 5.32 Å². The summed E-state index contributed by atoms with van der Waals surface area (Å²) in [5.41, 5.74) is 0.673. The standard InChI is InChI=1S/C11H18N4O2/c1-7(2)8-9(15(16)17)10(14(4)13-8)12-11(3)5-6-11/h7,12H,5-6H2,1-4H3. The smallest absolute Gasteiger partial charge is 0.334 e. The van der Waals surface area contributed by atoms with Gasteiger partial charge in [-0.2, -0.15) is 5.10 Å². The average molecular weight is 238 g/mol. The molecule has 6 heteroatoms. The number of hydrogen-bond donors (Lipinski definition) is 1. The van der Waals surface area contributed by atoms with E-state index < -0.39 is 0 Å². The molecule has 1 fully saturated rings. The SMILES string of the molecule is CC(C)c1nn(C)c(NC2(C)CC2)c1[N+](=O)[O-]. The minimum atomic E-state index is -0.337. The first-order valence-electron chi connectivity index (χ1n) is 5.83. The molecule has 0 spiro atoms. The molecule has 1 aromatic heterocycles. The lowest BCUT2D eigenvalue weighted by Gasteiger charge is -2.12. The Hall–Kier alpha value is -1.59. The molecular weight excluding hydrogens is 220 g/mol. The van der Waals surface area contributed by atoms with E-state index in [1.807, 2.05) is 13.8 Å². The van der Waals surface area contributed by atoms with Crippen molar-refractivity contribution in [3.05, 3.63) is 15.8 Å². The zero-order valence-electron chi connectivity index (χ0n) is 10.6. The van der Waals surface area contributed by atoms with E-state index in [1.54, 1.807) is 11.7 Å². The molecule has 0 amide bonds. The van der Waals surface area contributed by atoms with Crippen LogP contribution >= 0.6 is 0 Å². The molecule has 0 radical (unpaired) electrons. The second kappa shape index (κ2) is 3.72. The van der Waals surface area contributed by atoms with Crippen LogP contribution in [0.5, 0.6) is 0 Å². The van der Waals surface area contributed by atoms with E-state index in [2.05, 4.69) is 17.3 Å². The summed E-state index contributed by atoms with van der Waals surface area (Å²) in [6, 6.07) is 0. The van der Waals surface area contributed by atoms with Crippen molar-refractivity contribution >= 4 is 11.5 Å². The van der Waals surface area contributed by atoms with Crippen LogP contribution in [0.1, 0.15) is 45.2 Å². The Labute approximate surface area is 100 Å². The highest BCUT2D eigenvalue weighted by molar-refractivity contribution is 5.62. The van der Waals surface area contributed by atoms with Crippen molar-refractivity contribution in [2.24, 2.45) is 7.05 Å². The van der Waals surface area contributed by atoms with Crippen molar-refractivity contribution in [3.8, 4) is 0 Å². The fraction of sp³-hybridized carbons (Fsp3) is 0.727. The van der Waals surface area contributed by atoms with E-state index in [-0.39, 0.29) is 22.1 Å². The van der Waals surface area contributed by atoms with Gasteiger partial charge in [-0.3, -0.25) is 10.1 Å². The molecule has 1 aromatic rings. The van der Waals surface area contributed by atoms with E-state index in [9.17, 15) is 10.1 Å². The predicted molar refractivity (Wildman–Crippen MR) is 65.2 cm³/mol. The maximum Gasteiger partial charge on any atom is 0.334 e. The van der Waals surface area contributed by atoms with Gasteiger partial charge in [0, 0.05) is 18.5 Å². The summed E-state index contributed by atoms with van der Waals surface area (Å²) in [5.74, 6) is 0.572. The molecule has 2 rings (SSSR count). The molecule has 1 aliphatic carbocycles. The Morgan fingerprint density at radius 2 is 2.12 bits per heavy atom. The highest BCUT2D eigenvalue weighted by atomic mass is 16.6. The number of aromatic nitrogens is 2. The van der Waals surface area contributed by atoms with Gasteiger partial charge in [-0.1, -0.05) is 13.8 Å². The first kappa shape index (κ1) is 11.9. The van der Waals surface area contributed by atoms with E-state index >= 15 is 0 Å². The lowest BCUT2D eigenvalue weighted by Crippen LogP contribution is -2.19. The van der Waals surface area contributed by atoms with Gasteiger partial charge in [0.15, 0.2) is 0 Å². The number of nitro groups is 1. The van der Waals surface area contributed by atoms with Crippen molar-refractivity contribution in [2.45, 2.75) is 45.1 Å². The predicted octanol–water partition coefficient (Wildman–Crippen LogP) is 2.42. The third kappa shape index (κ3) is 2.11. The molecule has 6 nitrogen and oxygen atoms in total. The Morgan fingerprint density at radius 3 is 2.53 bits per heavy atom. The number of rotatable bonds is 4. The van der Waals surface area contributed by atoms with Gasteiger partial charge in [0.25, 0.3) is 0 Å². The van der Waals surface area contributed by atoms with E-state index in [1.165, 1.54) is 0 Å². The van der Waals surface area contributed by atoms with Gasteiger partial charge in [-0.05, 0) is 19.8 Å². The Bertz CT molecular complexity index is 460. The normalized spacial score (nSPS) is 17.2. The van der Waals surface area contributed by atoms with Crippen molar-refractivity contribution in [3.63, 3.8) is 0 Å². The topological polar surface area (TPSA) is 73.0 Å². The summed E-state index contributed by atoms with van der Waals surface area (Å²) in [6.07, 6.45) is 2.10.